The molecule has 0 bridgehead atoms. The lowest BCUT2D eigenvalue weighted by Crippen LogP contribution is -2.29. The summed E-state index contributed by atoms with van der Waals surface area (Å²) < 4.78 is 0. The number of hydrogen-bond donors (Lipinski definition) is 1. The van der Waals surface area contributed by atoms with Gasteiger partial charge in [0.25, 0.3) is 0 Å². The van der Waals surface area contributed by atoms with Crippen LogP contribution >= 0.6 is 0 Å². The lowest BCUT2D eigenvalue weighted by molar-refractivity contribution is 0.410. The summed E-state index contributed by atoms with van der Waals surface area (Å²) in [5.74, 6) is 0. The minimum absolute atomic E-state index is 0.109. The van der Waals surface area contributed by atoms with Crippen LogP contribution in [-0.4, -0.2) is 6.54 Å². The van der Waals surface area contributed by atoms with Gasteiger partial charge in [0.1, 0.15) is 0 Å². The normalized spacial score (nSPS) is 11.5. The maximum Gasteiger partial charge on any atom is 0.0203 e. The Kier molecular flexibility index (Phi) is 6.01. The van der Waals surface area contributed by atoms with Gasteiger partial charge in [-0.15, -0.1) is 0 Å². The summed E-state index contributed by atoms with van der Waals surface area (Å²) in [6.07, 6.45) is 5.85. The average molecular weight is 281 g/mol. The predicted octanol–water partition coefficient (Wildman–Crippen LogP) is 4.90. The summed E-state index contributed by atoms with van der Waals surface area (Å²) in [6, 6.07) is 21.9. The van der Waals surface area contributed by atoms with E-state index >= 15 is 0 Å². The van der Waals surface area contributed by atoms with E-state index in [9.17, 15) is 0 Å². The minimum Gasteiger partial charge on any atom is -0.330 e. The summed E-state index contributed by atoms with van der Waals surface area (Å²) in [7, 11) is 0. The Bertz CT molecular complexity index is 454. The van der Waals surface area contributed by atoms with E-state index in [4.69, 9.17) is 5.73 Å². The molecule has 1 nitrogen and oxygen atoms in total. The van der Waals surface area contributed by atoms with E-state index in [0.29, 0.717) is 0 Å². The Morgan fingerprint density at radius 2 is 1.24 bits per heavy atom. The first-order valence-electron chi connectivity index (χ1n) is 8.14. The lowest BCUT2D eigenvalue weighted by atomic mass is 9.68. The van der Waals surface area contributed by atoms with E-state index in [1.54, 1.807) is 0 Å². The predicted molar refractivity (Wildman–Crippen MR) is 91.5 cm³/mol. The molecular formula is C20H27N. The fraction of sp³-hybridized carbons (Fsp3) is 0.400. The number of rotatable bonds is 8. The van der Waals surface area contributed by atoms with Gasteiger partial charge in [-0.25, -0.2) is 0 Å². The summed E-state index contributed by atoms with van der Waals surface area (Å²) in [4.78, 5) is 0. The molecule has 0 spiro atoms. The van der Waals surface area contributed by atoms with Gasteiger partial charge in [-0.2, -0.15) is 0 Å². The molecule has 2 rings (SSSR count). The third-order valence-electron chi connectivity index (χ3n) is 4.42. The van der Waals surface area contributed by atoms with E-state index in [1.165, 1.54) is 30.4 Å². The van der Waals surface area contributed by atoms with Crippen molar-refractivity contribution in [2.24, 2.45) is 5.73 Å². The Labute approximate surface area is 129 Å². The number of benzene rings is 2. The first-order chi connectivity index (χ1) is 10.3. The van der Waals surface area contributed by atoms with Crippen molar-refractivity contribution in [1.29, 1.82) is 0 Å². The van der Waals surface area contributed by atoms with Crippen LogP contribution in [0, 0.1) is 0 Å². The van der Waals surface area contributed by atoms with Crippen LogP contribution < -0.4 is 5.73 Å². The largest absolute Gasteiger partial charge is 0.330 e. The lowest BCUT2D eigenvalue weighted by Gasteiger charge is -2.35. The molecule has 0 saturated carbocycles. The Morgan fingerprint density at radius 1 is 0.762 bits per heavy atom. The van der Waals surface area contributed by atoms with Crippen molar-refractivity contribution < 1.29 is 0 Å². The number of hydrogen-bond acceptors (Lipinski definition) is 1. The molecule has 2 N–H and O–H groups in total. The molecular weight excluding hydrogens is 254 g/mol. The third-order valence-corrected chi connectivity index (χ3v) is 4.42. The van der Waals surface area contributed by atoms with Gasteiger partial charge in [-0.1, -0.05) is 80.4 Å². The summed E-state index contributed by atoms with van der Waals surface area (Å²) in [5, 5.41) is 0. The highest BCUT2D eigenvalue weighted by atomic mass is 14.5. The van der Waals surface area contributed by atoms with E-state index < -0.39 is 0 Å². The molecule has 0 unspecified atom stereocenters. The van der Waals surface area contributed by atoms with Crippen LogP contribution in [0.1, 0.15) is 50.2 Å². The van der Waals surface area contributed by atoms with Crippen molar-refractivity contribution in [3.63, 3.8) is 0 Å². The standard InChI is InChI=1S/C20H27N/c1-2-3-15-20(16-10-17-21,18-11-6-4-7-12-18)19-13-8-5-9-14-19/h4-9,11-14H,2-3,10,15-17,21H2,1H3. The molecule has 0 radical (unpaired) electrons. The maximum absolute atomic E-state index is 5.82. The second-order valence-corrected chi connectivity index (χ2v) is 5.81. The van der Waals surface area contributed by atoms with Crippen molar-refractivity contribution in [3.8, 4) is 0 Å². The fourth-order valence-corrected chi connectivity index (χ4v) is 3.27. The molecule has 0 heterocycles. The average Bonchev–Trinajstić information content (AvgIpc) is 2.57. The van der Waals surface area contributed by atoms with Gasteiger partial charge in [-0.3, -0.25) is 0 Å². The van der Waals surface area contributed by atoms with E-state index in [0.717, 1.165) is 19.4 Å². The van der Waals surface area contributed by atoms with Gasteiger partial charge >= 0.3 is 0 Å². The SMILES string of the molecule is CCCCC(CCCN)(c1ccccc1)c1ccccc1. The Balaban J connectivity index is 2.48. The monoisotopic (exact) mass is 281 g/mol. The van der Waals surface area contributed by atoms with E-state index in [1.807, 2.05) is 0 Å². The number of nitrogens with two attached hydrogens (primary N) is 1. The van der Waals surface area contributed by atoms with Crippen LogP contribution in [0.4, 0.5) is 0 Å². The zero-order chi connectivity index (χ0) is 15.0. The first-order valence-corrected chi connectivity index (χ1v) is 8.14. The van der Waals surface area contributed by atoms with Gasteiger partial charge in [0, 0.05) is 5.41 Å². The zero-order valence-corrected chi connectivity index (χ0v) is 13.1. The molecule has 0 fully saturated rings. The molecule has 0 aliphatic heterocycles. The molecule has 0 saturated heterocycles. The molecule has 1 heteroatoms. The Morgan fingerprint density at radius 3 is 1.67 bits per heavy atom. The summed E-state index contributed by atoms with van der Waals surface area (Å²) in [6.45, 7) is 3.03. The molecule has 0 amide bonds. The van der Waals surface area contributed by atoms with Gasteiger partial charge in [0.15, 0.2) is 0 Å². The van der Waals surface area contributed by atoms with Crippen LogP contribution in [0.2, 0.25) is 0 Å². The summed E-state index contributed by atoms with van der Waals surface area (Å²) in [5.41, 5.74) is 8.79. The van der Waals surface area contributed by atoms with Crippen LogP contribution in [0.5, 0.6) is 0 Å². The van der Waals surface area contributed by atoms with Crippen LogP contribution in [0.25, 0.3) is 0 Å². The van der Waals surface area contributed by atoms with Crippen molar-refractivity contribution in [2.75, 3.05) is 6.54 Å². The van der Waals surface area contributed by atoms with E-state index in [-0.39, 0.29) is 5.41 Å². The van der Waals surface area contributed by atoms with Gasteiger partial charge < -0.3 is 5.73 Å². The molecule has 2 aromatic carbocycles. The Hall–Kier alpha value is -1.60. The first kappa shape index (κ1) is 15.8. The second-order valence-electron chi connectivity index (χ2n) is 5.81. The van der Waals surface area contributed by atoms with Gasteiger partial charge in [0.2, 0.25) is 0 Å². The van der Waals surface area contributed by atoms with Crippen LogP contribution in [-0.2, 0) is 5.41 Å². The molecule has 0 aliphatic rings. The van der Waals surface area contributed by atoms with Crippen LogP contribution in [0.3, 0.4) is 0 Å². The van der Waals surface area contributed by atoms with Crippen LogP contribution in [0.15, 0.2) is 60.7 Å². The third kappa shape index (κ3) is 3.74. The fourth-order valence-electron chi connectivity index (χ4n) is 3.27. The van der Waals surface area contributed by atoms with Crippen molar-refractivity contribution in [1.82, 2.24) is 0 Å². The van der Waals surface area contributed by atoms with Crippen molar-refractivity contribution in [3.05, 3.63) is 71.8 Å². The molecule has 21 heavy (non-hydrogen) atoms. The molecule has 2 aromatic rings. The smallest absolute Gasteiger partial charge is 0.0203 e. The second kappa shape index (κ2) is 7.99. The van der Waals surface area contributed by atoms with Gasteiger partial charge in [-0.05, 0) is 36.9 Å². The van der Waals surface area contributed by atoms with E-state index in [2.05, 4.69) is 67.6 Å². The topological polar surface area (TPSA) is 26.0 Å². The highest BCUT2D eigenvalue weighted by Crippen LogP contribution is 2.41. The molecule has 0 atom stereocenters. The van der Waals surface area contributed by atoms with Gasteiger partial charge in [0.05, 0.1) is 0 Å². The molecule has 0 aromatic heterocycles. The summed E-state index contributed by atoms with van der Waals surface area (Å²) >= 11 is 0. The highest BCUT2D eigenvalue weighted by Gasteiger charge is 2.32. The number of unbranched alkanes of at least 4 members (excludes halogenated alkanes) is 1. The maximum atomic E-state index is 5.82. The molecule has 112 valence electrons. The quantitative estimate of drug-likeness (QED) is 0.731. The molecule has 0 aliphatic carbocycles. The minimum atomic E-state index is 0.109. The highest BCUT2D eigenvalue weighted by molar-refractivity contribution is 5.39. The van der Waals surface area contributed by atoms with Crippen molar-refractivity contribution in [2.45, 2.75) is 44.4 Å². The zero-order valence-electron chi connectivity index (χ0n) is 13.1. The van der Waals surface area contributed by atoms with Crippen molar-refractivity contribution >= 4 is 0 Å².